The van der Waals surface area contributed by atoms with E-state index < -0.39 is 0 Å². The van der Waals surface area contributed by atoms with Crippen LogP contribution >= 0.6 is 0 Å². The Morgan fingerprint density at radius 2 is 1.86 bits per heavy atom. The molecule has 1 aliphatic carbocycles. The van der Waals surface area contributed by atoms with Crippen LogP contribution in [0.3, 0.4) is 0 Å². The van der Waals surface area contributed by atoms with E-state index in [4.69, 9.17) is 0 Å². The third-order valence-corrected chi connectivity index (χ3v) is 5.46. The number of halogens is 1. The lowest BCUT2D eigenvalue weighted by Gasteiger charge is -2.15. The number of carbonyl (C=O) groups is 1. The van der Waals surface area contributed by atoms with E-state index in [-0.39, 0.29) is 11.7 Å². The smallest absolute Gasteiger partial charge is 0.241 e. The second-order valence-corrected chi connectivity index (χ2v) is 7.29. The third kappa shape index (κ3) is 3.70. The fraction of sp³-hybridized carbons (Fsp3) is 0.304. The molecule has 144 valence electrons. The number of fused-ring (bicyclic) bond motifs is 3. The molecular weight excluding hydrogens is 353 g/mol. The standard InChI is InChI=1S/C23H24FN3O/c1-16(17-10-12-18(24)13-11-17)25-26-23(28)14-15-27-21-8-4-2-6-19(21)20-7-3-5-9-22(20)27/h2,4,6,8,10-13H,3,5,7,9,14-15H2,1H3,(H,26,28). The van der Waals surface area contributed by atoms with Gasteiger partial charge in [-0.1, -0.05) is 30.3 Å². The molecule has 1 amide bonds. The summed E-state index contributed by atoms with van der Waals surface area (Å²) in [5.74, 6) is -0.410. The summed E-state index contributed by atoms with van der Waals surface area (Å²) in [5.41, 5.74) is 8.11. The topological polar surface area (TPSA) is 46.4 Å². The van der Waals surface area contributed by atoms with Crippen molar-refractivity contribution in [2.24, 2.45) is 5.10 Å². The van der Waals surface area contributed by atoms with Crippen LogP contribution in [0.2, 0.25) is 0 Å². The molecule has 28 heavy (non-hydrogen) atoms. The molecule has 4 rings (SSSR count). The molecule has 1 aromatic heterocycles. The molecule has 2 aromatic carbocycles. The quantitative estimate of drug-likeness (QED) is 0.513. The minimum Gasteiger partial charge on any atom is -0.344 e. The molecule has 0 saturated heterocycles. The van der Waals surface area contributed by atoms with Crippen molar-refractivity contribution < 1.29 is 9.18 Å². The Balaban J connectivity index is 1.45. The number of hydrogen-bond donors (Lipinski definition) is 1. The molecule has 5 heteroatoms. The van der Waals surface area contributed by atoms with Gasteiger partial charge in [-0.25, -0.2) is 9.82 Å². The predicted molar refractivity (Wildman–Crippen MR) is 110 cm³/mol. The minimum atomic E-state index is -0.289. The zero-order valence-corrected chi connectivity index (χ0v) is 16.0. The van der Waals surface area contributed by atoms with E-state index >= 15 is 0 Å². The Morgan fingerprint density at radius 1 is 1.11 bits per heavy atom. The Labute approximate surface area is 164 Å². The van der Waals surface area contributed by atoms with Crippen LogP contribution in [0.15, 0.2) is 53.6 Å². The lowest BCUT2D eigenvalue weighted by atomic mass is 9.95. The summed E-state index contributed by atoms with van der Waals surface area (Å²) in [6.07, 6.45) is 5.00. The number of nitrogens with zero attached hydrogens (tertiary/aromatic N) is 2. The fourth-order valence-corrected chi connectivity index (χ4v) is 4.01. The zero-order chi connectivity index (χ0) is 19.5. The maximum atomic E-state index is 13.0. The van der Waals surface area contributed by atoms with E-state index in [0.717, 1.165) is 18.4 Å². The van der Waals surface area contributed by atoms with Crippen molar-refractivity contribution in [1.29, 1.82) is 0 Å². The molecular formula is C23H24FN3O. The number of nitrogens with one attached hydrogen (secondary N) is 1. The van der Waals surface area contributed by atoms with Crippen LogP contribution in [-0.4, -0.2) is 16.2 Å². The van der Waals surface area contributed by atoms with Gasteiger partial charge < -0.3 is 4.57 Å². The first-order chi connectivity index (χ1) is 13.6. The molecule has 3 aromatic rings. The van der Waals surface area contributed by atoms with Crippen molar-refractivity contribution >= 4 is 22.5 Å². The summed E-state index contributed by atoms with van der Waals surface area (Å²) < 4.78 is 15.3. The van der Waals surface area contributed by atoms with E-state index in [1.807, 2.05) is 0 Å². The normalized spacial score (nSPS) is 14.1. The van der Waals surface area contributed by atoms with Crippen LogP contribution in [0, 0.1) is 5.82 Å². The highest BCUT2D eigenvalue weighted by molar-refractivity contribution is 5.99. The fourth-order valence-electron chi connectivity index (χ4n) is 4.01. The average molecular weight is 377 g/mol. The predicted octanol–water partition coefficient (Wildman–Crippen LogP) is 4.59. The number of aryl methyl sites for hydroxylation is 2. The van der Waals surface area contributed by atoms with Gasteiger partial charge in [-0.15, -0.1) is 0 Å². The van der Waals surface area contributed by atoms with Crippen LogP contribution < -0.4 is 5.43 Å². The molecule has 0 radical (unpaired) electrons. The van der Waals surface area contributed by atoms with Crippen LogP contribution in [0.5, 0.6) is 0 Å². The molecule has 0 spiro atoms. The van der Waals surface area contributed by atoms with Crippen LogP contribution in [-0.2, 0) is 24.2 Å². The number of amides is 1. The van der Waals surface area contributed by atoms with Crippen molar-refractivity contribution in [2.45, 2.75) is 45.6 Å². The number of hydrazone groups is 1. The molecule has 0 bridgehead atoms. The molecule has 0 atom stereocenters. The summed E-state index contributed by atoms with van der Waals surface area (Å²) in [6.45, 7) is 2.44. The van der Waals surface area contributed by atoms with Crippen LogP contribution in [0.25, 0.3) is 10.9 Å². The van der Waals surface area contributed by atoms with Gasteiger partial charge in [0.25, 0.3) is 0 Å². The molecule has 1 aliphatic rings. The highest BCUT2D eigenvalue weighted by atomic mass is 19.1. The van der Waals surface area contributed by atoms with Gasteiger partial charge in [0.15, 0.2) is 0 Å². The lowest BCUT2D eigenvalue weighted by Crippen LogP contribution is -2.21. The summed E-state index contributed by atoms with van der Waals surface area (Å²) >= 11 is 0. The monoisotopic (exact) mass is 377 g/mol. The molecule has 4 nitrogen and oxygen atoms in total. The SMILES string of the molecule is CC(=NNC(=O)CCn1c2c(c3ccccc31)CCCC2)c1ccc(F)cc1. The van der Waals surface area contributed by atoms with Crippen molar-refractivity contribution in [3.8, 4) is 0 Å². The van der Waals surface area contributed by atoms with Crippen molar-refractivity contribution in [3.63, 3.8) is 0 Å². The third-order valence-electron chi connectivity index (χ3n) is 5.46. The van der Waals surface area contributed by atoms with E-state index in [0.29, 0.717) is 18.7 Å². The van der Waals surface area contributed by atoms with Gasteiger partial charge in [0, 0.05) is 29.6 Å². The zero-order valence-electron chi connectivity index (χ0n) is 16.0. The summed E-state index contributed by atoms with van der Waals surface area (Å²) in [6, 6.07) is 14.5. The first-order valence-corrected chi connectivity index (χ1v) is 9.81. The van der Waals surface area contributed by atoms with E-state index in [2.05, 4.69) is 39.4 Å². The number of aromatic nitrogens is 1. The highest BCUT2D eigenvalue weighted by Crippen LogP contribution is 2.32. The summed E-state index contributed by atoms with van der Waals surface area (Å²) in [7, 11) is 0. The van der Waals surface area contributed by atoms with Gasteiger partial charge in [0.2, 0.25) is 5.91 Å². The highest BCUT2D eigenvalue weighted by Gasteiger charge is 2.19. The van der Waals surface area contributed by atoms with E-state index in [1.54, 1.807) is 19.1 Å². The Hall–Kier alpha value is -2.95. The number of benzene rings is 2. The number of rotatable bonds is 5. The summed E-state index contributed by atoms with van der Waals surface area (Å²) in [4.78, 5) is 12.3. The molecule has 0 fully saturated rings. The lowest BCUT2D eigenvalue weighted by molar-refractivity contribution is -0.121. The summed E-state index contributed by atoms with van der Waals surface area (Å²) in [5, 5.41) is 5.48. The van der Waals surface area contributed by atoms with Crippen LogP contribution in [0.1, 0.15) is 43.0 Å². The van der Waals surface area contributed by atoms with E-state index in [9.17, 15) is 9.18 Å². The Kier molecular flexibility index (Phi) is 5.24. The van der Waals surface area contributed by atoms with E-state index in [1.165, 1.54) is 47.1 Å². The van der Waals surface area contributed by atoms with Gasteiger partial charge in [-0.2, -0.15) is 5.10 Å². The van der Waals surface area contributed by atoms with Gasteiger partial charge in [-0.3, -0.25) is 4.79 Å². The first kappa shape index (κ1) is 18.4. The van der Waals surface area contributed by atoms with Gasteiger partial charge in [0.1, 0.15) is 5.82 Å². The maximum Gasteiger partial charge on any atom is 0.241 e. The Morgan fingerprint density at radius 3 is 2.68 bits per heavy atom. The van der Waals surface area contributed by atoms with Crippen molar-refractivity contribution in [2.75, 3.05) is 0 Å². The molecule has 0 unspecified atom stereocenters. The van der Waals surface area contributed by atoms with Crippen molar-refractivity contribution in [1.82, 2.24) is 9.99 Å². The van der Waals surface area contributed by atoms with Gasteiger partial charge in [0.05, 0.1) is 5.71 Å². The molecule has 0 aliphatic heterocycles. The minimum absolute atomic E-state index is 0.121. The second-order valence-electron chi connectivity index (χ2n) is 7.29. The average Bonchev–Trinajstić information content (AvgIpc) is 3.05. The van der Waals surface area contributed by atoms with Crippen LogP contribution in [0.4, 0.5) is 4.39 Å². The largest absolute Gasteiger partial charge is 0.344 e. The van der Waals surface area contributed by atoms with Crippen molar-refractivity contribution in [3.05, 3.63) is 71.2 Å². The number of hydrogen-bond acceptors (Lipinski definition) is 2. The Bertz CT molecular complexity index is 1030. The van der Waals surface area contributed by atoms with Gasteiger partial charge in [-0.05, 0) is 61.9 Å². The molecule has 1 N–H and O–H groups in total. The molecule has 0 saturated carbocycles. The first-order valence-electron chi connectivity index (χ1n) is 9.81. The number of carbonyl (C=O) groups excluding carboxylic acids is 1. The molecule has 1 heterocycles. The number of para-hydroxylation sites is 1. The second kappa shape index (κ2) is 7.97. The van der Waals surface area contributed by atoms with Gasteiger partial charge >= 0.3 is 0 Å². The maximum absolute atomic E-state index is 13.0.